The Balaban J connectivity index is 4.00. The zero-order valence-electron chi connectivity index (χ0n) is 6.83. The second kappa shape index (κ2) is 3.43. The topological polar surface area (TPSA) is 26.0 Å². The van der Waals surface area contributed by atoms with Crippen LogP contribution < -0.4 is 5.73 Å². The van der Waals surface area contributed by atoms with Gasteiger partial charge in [0.25, 0.3) is 0 Å². The molecule has 1 atom stereocenters. The molecular formula is C7H14F3N. The van der Waals surface area contributed by atoms with E-state index in [1.807, 2.05) is 6.92 Å². The highest BCUT2D eigenvalue weighted by Crippen LogP contribution is 2.31. The molecule has 11 heavy (non-hydrogen) atoms. The number of halogens is 3. The van der Waals surface area contributed by atoms with E-state index >= 15 is 0 Å². The Morgan fingerprint density at radius 3 is 2.00 bits per heavy atom. The quantitative estimate of drug-likeness (QED) is 0.690. The van der Waals surface area contributed by atoms with E-state index in [2.05, 4.69) is 0 Å². The van der Waals surface area contributed by atoms with Crippen molar-refractivity contribution in [3.8, 4) is 0 Å². The number of hydrogen-bond donors (Lipinski definition) is 1. The third-order valence-electron chi connectivity index (χ3n) is 1.70. The van der Waals surface area contributed by atoms with Gasteiger partial charge in [0.2, 0.25) is 0 Å². The Hall–Kier alpha value is -0.250. The Labute approximate surface area is 64.8 Å². The summed E-state index contributed by atoms with van der Waals surface area (Å²) in [4.78, 5) is 0. The lowest BCUT2D eigenvalue weighted by molar-refractivity contribution is -0.182. The lowest BCUT2D eigenvalue weighted by atomic mass is 9.96. The van der Waals surface area contributed by atoms with Crippen molar-refractivity contribution >= 4 is 0 Å². The van der Waals surface area contributed by atoms with Crippen LogP contribution in [0.2, 0.25) is 0 Å². The molecule has 4 heteroatoms. The molecule has 0 saturated carbocycles. The third-order valence-corrected chi connectivity index (χ3v) is 1.70. The molecule has 0 aromatic carbocycles. The minimum Gasteiger partial charge on any atom is -0.318 e. The molecule has 0 radical (unpaired) electrons. The number of alkyl halides is 3. The van der Waals surface area contributed by atoms with Gasteiger partial charge in [0.15, 0.2) is 0 Å². The fourth-order valence-electron chi connectivity index (χ4n) is 0.686. The molecule has 0 aliphatic heterocycles. The molecule has 0 spiro atoms. The number of unbranched alkanes of at least 4 members (excludes halogenated alkanes) is 1. The van der Waals surface area contributed by atoms with Crippen LogP contribution in [0.5, 0.6) is 0 Å². The van der Waals surface area contributed by atoms with Crippen molar-refractivity contribution in [3.63, 3.8) is 0 Å². The summed E-state index contributed by atoms with van der Waals surface area (Å²) < 4.78 is 36.1. The van der Waals surface area contributed by atoms with Crippen molar-refractivity contribution < 1.29 is 13.2 Å². The maximum atomic E-state index is 12.0. The smallest absolute Gasteiger partial charge is 0.318 e. The molecule has 0 fully saturated rings. The third kappa shape index (κ3) is 3.10. The van der Waals surface area contributed by atoms with Crippen LogP contribution in [-0.2, 0) is 0 Å². The fourth-order valence-corrected chi connectivity index (χ4v) is 0.686. The Kier molecular flexibility index (Phi) is 3.35. The van der Waals surface area contributed by atoms with Gasteiger partial charge in [-0.15, -0.1) is 0 Å². The summed E-state index contributed by atoms with van der Waals surface area (Å²) in [6, 6.07) is 0. The predicted molar refractivity (Wildman–Crippen MR) is 38.2 cm³/mol. The average Bonchev–Trinajstić information content (AvgIpc) is 1.81. The van der Waals surface area contributed by atoms with Crippen molar-refractivity contribution in [2.24, 2.45) is 5.73 Å². The average molecular weight is 169 g/mol. The number of rotatable bonds is 3. The molecule has 0 bridgehead atoms. The minimum absolute atomic E-state index is 0.00694. The molecule has 0 aliphatic carbocycles. The molecule has 0 aliphatic rings. The largest absolute Gasteiger partial charge is 0.406 e. The van der Waals surface area contributed by atoms with Gasteiger partial charge in [-0.3, -0.25) is 0 Å². The van der Waals surface area contributed by atoms with E-state index < -0.39 is 11.7 Å². The first kappa shape index (κ1) is 10.8. The summed E-state index contributed by atoms with van der Waals surface area (Å²) >= 11 is 0. The molecule has 0 saturated heterocycles. The SMILES string of the molecule is CCCCC(C)(N)C(F)(F)F. The van der Waals surface area contributed by atoms with Crippen molar-refractivity contribution in [2.45, 2.75) is 44.8 Å². The van der Waals surface area contributed by atoms with E-state index in [9.17, 15) is 13.2 Å². The van der Waals surface area contributed by atoms with Gasteiger partial charge < -0.3 is 5.73 Å². The highest BCUT2D eigenvalue weighted by molar-refractivity contribution is 4.86. The van der Waals surface area contributed by atoms with E-state index in [1.165, 1.54) is 0 Å². The van der Waals surface area contributed by atoms with Gasteiger partial charge >= 0.3 is 6.18 Å². The van der Waals surface area contributed by atoms with Crippen LogP contribution in [-0.4, -0.2) is 11.7 Å². The van der Waals surface area contributed by atoms with E-state index in [4.69, 9.17) is 5.73 Å². The van der Waals surface area contributed by atoms with Gasteiger partial charge in [-0.2, -0.15) is 13.2 Å². The maximum absolute atomic E-state index is 12.0. The summed E-state index contributed by atoms with van der Waals surface area (Å²) in [5.41, 5.74) is 3.04. The molecule has 68 valence electrons. The fraction of sp³-hybridized carbons (Fsp3) is 1.00. The lowest BCUT2D eigenvalue weighted by Crippen LogP contribution is -2.50. The van der Waals surface area contributed by atoms with Gasteiger partial charge in [-0.1, -0.05) is 19.8 Å². The van der Waals surface area contributed by atoms with Crippen molar-refractivity contribution in [1.29, 1.82) is 0 Å². The van der Waals surface area contributed by atoms with Crippen LogP contribution in [0, 0.1) is 0 Å². The van der Waals surface area contributed by atoms with Crippen LogP contribution in [0.25, 0.3) is 0 Å². The summed E-state index contributed by atoms with van der Waals surface area (Å²) in [6.45, 7) is 2.87. The molecule has 1 unspecified atom stereocenters. The second-order valence-electron chi connectivity index (χ2n) is 3.02. The zero-order valence-corrected chi connectivity index (χ0v) is 6.83. The Bertz CT molecular complexity index is 117. The molecule has 0 heterocycles. The predicted octanol–water partition coefficient (Wildman–Crippen LogP) is 2.46. The first-order chi connectivity index (χ1) is 4.81. The summed E-state index contributed by atoms with van der Waals surface area (Å²) in [6.07, 6.45) is -3.01. The zero-order chi connectivity index (χ0) is 9.12. The Morgan fingerprint density at radius 1 is 1.27 bits per heavy atom. The second-order valence-corrected chi connectivity index (χ2v) is 3.02. The molecule has 0 aromatic rings. The number of nitrogens with two attached hydrogens (primary N) is 1. The number of hydrogen-bond acceptors (Lipinski definition) is 1. The monoisotopic (exact) mass is 169 g/mol. The van der Waals surface area contributed by atoms with Gasteiger partial charge in [-0.25, -0.2) is 0 Å². The van der Waals surface area contributed by atoms with Crippen LogP contribution in [0.15, 0.2) is 0 Å². The van der Waals surface area contributed by atoms with Gasteiger partial charge in [0.05, 0.1) is 0 Å². The maximum Gasteiger partial charge on any atom is 0.406 e. The molecular weight excluding hydrogens is 155 g/mol. The summed E-state index contributed by atoms with van der Waals surface area (Å²) in [7, 11) is 0. The van der Waals surface area contributed by atoms with E-state index in [1.54, 1.807) is 0 Å². The molecule has 0 amide bonds. The normalized spacial score (nSPS) is 18.0. The van der Waals surface area contributed by atoms with Crippen molar-refractivity contribution in [2.75, 3.05) is 0 Å². The molecule has 2 N–H and O–H groups in total. The highest BCUT2D eigenvalue weighted by atomic mass is 19.4. The molecule has 0 aromatic heterocycles. The van der Waals surface area contributed by atoms with E-state index in [0.29, 0.717) is 6.42 Å². The van der Waals surface area contributed by atoms with Gasteiger partial charge in [-0.05, 0) is 13.3 Å². The standard InChI is InChI=1S/C7H14F3N/c1-3-4-5-6(2,11)7(8,9)10/h3-5,11H2,1-2H3. The van der Waals surface area contributed by atoms with Crippen LogP contribution in [0.4, 0.5) is 13.2 Å². The van der Waals surface area contributed by atoms with Gasteiger partial charge in [0.1, 0.15) is 5.54 Å². The summed E-state index contributed by atoms with van der Waals surface area (Å²) in [5, 5.41) is 0. The Morgan fingerprint density at radius 2 is 1.73 bits per heavy atom. The van der Waals surface area contributed by atoms with Crippen molar-refractivity contribution in [1.82, 2.24) is 0 Å². The lowest BCUT2D eigenvalue weighted by Gasteiger charge is -2.27. The van der Waals surface area contributed by atoms with E-state index in [0.717, 1.165) is 13.3 Å². The minimum atomic E-state index is -4.28. The first-order valence-corrected chi connectivity index (χ1v) is 3.67. The van der Waals surface area contributed by atoms with Gasteiger partial charge in [0, 0.05) is 0 Å². The van der Waals surface area contributed by atoms with E-state index in [-0.39, 0.29) is 6.42 Å². The first-order valence-electron chi connectivity index (χ1n) is 3.67. The highest BCUT2D eigenvalue weighted by Gasteiger charge is 2.47. The van der Waals surface area contributed by atoms with Crippen LogP contribution in [0.1, 0.15) is 33.1 Å². The summed E-state index contributed by atoms with van der Waals surface area (Å²) in [5.74, 6) is 0. The molecule has 0 rings (SSSR count). The van der Waals surface area contributed by atoms with Crippen LogP contribution in [0.3, 0.4) is 0 Å². The van der Waals surface area contributed by atoms with Crippen molar-refractivity contribution in [3.05, 3.63) is 0 Å². The van der Waals surface area contributed by atoms with Crippen LogP contribution >= 0.6 is 0 Å². The molecule has 1 nitrogen and oxygen atoms in total.